The molecular formula is C26H30N2O5. The zero-order valence-electron chi connectivity index (χ0n) is 18.8. The second-order valence-corrected chi connectivity index (χ2v) is 8.88. The second-order valence-electron chi connectivity index (χ2n) is 8.88. The summed E-state index contributed by atoms with van der Waals surface area (Å²) in [5, 5.41) is 11.6. The van der Waals surface area contributed by atoms with Crippen LogP contribution in [0.25, 0.3) is 11.1 Å². The highest BCUT2D eigenvalue weighted by Gasteiger charge is 2.32. The normalized spacial score (nSPS) is 15.8. The molecule has 2 aromatic carbocycles. The number of nitrogens with zero attached hydrogens (tertiary/aromatic N) is 1. The minimum atomic E-state index is -0.807. The van der Waals surface area contributed by atoms with E-state index in [0.29, 0.717) is 25.9 Å². The van der Waals surface area contributed by atoms with Crippen LogP contribution in [0, 0.1) is 5.92 Å². The first kappa shape index (κ1) is 22.8. The molecule has 0 radical (unpaired) electrons. The van der Waals surface area contributed by atoms with Crippen LogP contribution in [-0.2, 0) is 14.3 Å². The van der Waals surface area contributed by atoms with E-state index in [1.54, 1.807) is 4.90 Å². The standard InChI is InChI=1S/C26H30N2O5/c1-2-18(13-24(29)28-14-17(15-28)11-12-25(30)31)27-26(32)33-16-23-21-9-5-3-7-19(21)20-8-4-6-10-22(20)23/h3-10,17-18,23H,2,11-16H2,1H3,(H,27,32)(H,30,31). The number of carbonyl (C=O) groups is 3. The number of ether oxygens (including phenoxy) is 1. The Bertz CT molecular complexity index is 985. The number of hydrogen-bond acceptors (Lipinski definition) is 4. The molecule has 1 aliphatic carbocycles. The Morgan fingerprint density at radius 2 is 1.67 bits per heavy atom. The molecule has 1 atom stereocenters. The lowest BCUT2D eigenvalue weighted by molar-refractivity contribution is -0.139. The number of carboxylic acid groups (broad SMARTS) is 1. The van der Waals surface area contributed by atoms with E-state index in [0.717, 1.165) is 11.1 Å². The number of fused-ring (bicyclic) bond motifs is 3. The fourth-order valence-corrected chi connectivity index (χ4v) is 4.73. The Balaban J connectivity index is 1.26. The molecule has 0 spiro atoms. The molecule has 1 aliphatic heterocycles. The topological polar surface area (TPSA) is 95.9 Å². The lowest BCUT2D eigenvalue weighted by Crippen LogP contribution is -2.51. The van der Waals surface area contributed by atoms with Crippen molar-refractivity contribution in [3.63, 3.8) is 0 Å². The Kier molecular flexibility index (Phi) is 6.96. The van der Waals surface area contributed by atoms with E-state index in [1.807, 2.05) is 31.2 Å². The predicted molar refractivity (Wildman–Crippen MR) is 124 cm³/mol. The molecule has 33 heavy (non-hydrogen) atoms. The molecular weight excluding hydrogens is 420 g/mol. The molecule has 2 aromatic rings. The highest BCUT2D eigenvalue weighted by atomic mass is 16.5. The fraction of sp³-hybridized carbons (Fsp3) is 0.423. The number of benzene rings is 2. The third-order valence-electron chi connectivity index (χ3n) is 6.66. The van der Waals surface area contributed by atoms with E-state index in [4.69, 9.17) is 9.84 Å². The molecule has 2 N–H and O–H groups in total. The van der Waals surface area contributed by atoms with Gasteiger partial charge in [0.2, 0.25) is 5.91 Å². The zero-order valence-corrected chi connectivity index (χ0v) is 18.8. The van der Waals surface area contributed by atoms with Crippen molar-refractivity contribution in [3.8, 4) is 11.1 Å². The highest BCUT2D eigenvalue weighted by molar-refractivity contribution is 5.80. The van der Waals surface area contributed by atoms with Gasteiger partial charge in [-0.05, 0) is 41.0 Å². The molecule has 174 valence electrons. The maximum Gasteiger partial charge on any atom is 0.407 e. The summed E-state index contributed by atoms with van der Waals surface area (Å²) in [5.41, 5.74) is 4.67. The van der Waals surface area contributed by atoms with Gasteiger partial charge in [0.15, 0.2) is 0 Å². The first-order valence-electron chi connectivity index (χ1n) is 11.6. The summed E-state index contributed by atoms with van der Waals surface area (Å²) in [6.07, 6.45) is 1.04. The molecule has 1 saturated heterocycles. The van der Waals surface area contributed by atoms with Crippen LogP contribution in [0.4, 0.5) is 4.79 Å². The van der Waals surface area contributed by atoms with Crippen molar-refractivity contribution in [2.45, 2.75) is 44.6 Å². The number of carbonyl (C=O) groups excluding carboxylic acids is 2. The van der Waals surface area contributed by atoms with Gasteiger partial charge in [0.1, 0.15) is 6.61 Å². The minimum Gasteiger partial charge on any atom is -0.481 e. The van der Waals surface area contributed by atoms with Crippen molar-refractivity contribution in [2.75, 3.05) is 19.7 Å². The van der Waals surface area contributed by atoms with Gasteiger partial charge in [0, 0.05) is 37.9 Å². The van der Waals surface area contributed by atoms with E-state index in [9.17, 15) is 14.4 Å². The van der Waals surface area contributed by atoms with Crippen molar-refractivity contribution in [1.29, 1.82) is 0 Å². The molecule has 0 bridgehead atoms. The number of alkyl carbamates (subject to hydrolysis) is 1. The molecule has 0 saturated carbocycles. The van der Waals surface area contributed by atoms with Gasteiger partial charge in [-0.3, -0.25) is 9.59 Å². The maximum absolute atomic E-state index is 12.5. The van der Waals surface area contributed by atoms with Gasteiger partial charge >= 0.3 is 12.1 Å². The average molecular weight is 451 g/mol. The number of hydrogen-bond donors (Lipinski definition) is 2. The number of aliphatic carboxylic acids is 1. The van der Waals surface area contributed by atoms with Gasteiger partial charge in [-0.15, -0.1) is 0 Å². The largest absolute Gasteiger partial charge is 0.481 e. The minimum absolute atomic E-state index is 0.00585. The van der Waals surface area contributed by atoms with E-state index < -0.39 is 12.1 Å². The molecule has 0 aromatic heterocycles. The Morgan fingerprint density at radius 3 is 2.24 bits per heavy atom. The summed E-state index contributed by atoms with van der Waals surface area (Å²) in [6.45, 7) is 3.34. The molecule has 2 amide bonds. The van der Waals surface area contributed by atoms with Crippen molar-refractivity contribution in [3.05, 3.63) is 59.7 Å². The van der Waals surface area contributed by atoms with Gasteiger partial charge in [-0.25, -0.2) is 4.79 Å². The lowest BCUT2D eigenvalue weighted by atomic mass is 9.94. The first-order chi connectivity index (χ1) is 16.0. The SMILES string of the molecule is CCC(CC(=O)N1CC(CCC(=O)O)C1)NC(=O)OCC1c2ccccc2-c2ccccc21. The molecule has 1 unspecified atom stereocenters. The second kappa shape index (κ2) is 10.1. The van der Waals surface area contributed by atoms with Crippen LogP contribution in [0.2, 0.25) is 0 Å². The quantitative estimate of drug-likeness (QED) is 0.602. The van der Waals surface area contributed by atoms with Gasteiger partial charge in [-0.2, -0.15) is 0 Å². The average Bonchev–Trinajstić information content (AvgIpc) is 3.09. The van der Waals surface area contributed by atoms with Gasteiger partial charge < -0.3 is 20.1 Å². The van der Waals surface area contributed by atoms with Crippen LogP contribution in [0.15, 0.2) is 48.5 Å². The van der Waals surface area contributed by atoms with Crippen molar-refractivity contribution >= 4 is 18.0 Å². The Morgan fingerprint density at radius 1 is 1.06 bits per heavy atom. The van der Waals surface area contributed by atoms with Crippen molar-refractivity contribution in [2.24, 2.45) is 5.92 Å². The zero-order chi connectivity index (χ0) is 23.4. The molecule has 4 rings (SSSR count). The maximum atomic E-state index is 12.5. The Hall–Kier alpha value is -3.35. The molecule has 1 fully saturated rings. The molecule has 7 heteroatoms. The summed E-state index contributed by atoms with van der Waals surface area (Å²) in [7, 11) is 0. The van der Waals surface area contributed by atoms with Crippen LogP contribution in [0.3, 0.4) is 0 Å². The summed E-state index contributed by atoms with van der Waals surface area (Å²) in [4.78, 5) is 37.4. The number of carboxylic acids is 1. The molecule has 1 heterocycles. The molecule has 2 aliphatic rings. The van der Waals surface area contributed by atoms with Crippen molar-refractivity contribution < 1.29 is 24.2 Å². The van der Waals surface area contributed by atoms with E-state index >= 15 is 0 Å². The number of rotatable bonds is 9. The highest BCUT2D eigenvalue weighted by Crippen LogP contribution is 2.44. The van der Waals surface area contributed by atoms with Crippen LogP contribution in [0.1, 0.15) is 49.7 Å². The Labute approximate surface area is 193 Å². The van der Waals surface area contributed by atoms with E-state index in [1.165, 1.54) is 11.1 Å². The monoisotopic (exact) mass is 450 g/mol. The summed E-state index contributed by atoms with van der Waals surface area (Å²) in [6, 6.07) is 16.1. The fourth-order valence-electron chi connectivity index (χ4n) is 4.73. The van der Waals surface area contributed by atoms with Gasteiger partial charge in [0.05, 0.1) is 0 Å². The summed E-state index contributed by atoms with van der Waals surface area (Å²) < 4.78 is 5.60. The lowest BCUT2D eigenvalue weighted by Gasteiger charge is -2.40. The van der Waals surface area contributed by atoms with E-state index in [-0.39, 0.29) is 43.2 Å². The van der Waals surface area contributed by atoms with Gasteiger partial charge in [-0.1, -0.05) is 55.5 Å². The third-order valence-corrected chi connectivity index (χ3v) is 6.66. The number of likely N-dealkylation sites (tertiary alicyclic amines) is 1. The molecule has 7 nitrogen and oxygen atoms in total. The number of nitrogens with one attached hydrogen (secondary N) is 1. The first-order valence-corrected chi connectivity index (χ1v) is 11.6. The van der Waals surface area contributed by atoms with E-state index in [2.05, 4.69) is 29.6 Å². The van der Waals surface area contributed by atoms with Crippen LogP contribution < -0.4 is 5.32 Å². The van der Waals surface area contributed by atoms with Gasteiger partial charge in [0.25, 0.3) is 0 Å². The predicted octanol–water partition coefficient (Wildman–Crippen LogP) is 4.02. The summed E-state index contributed by atoms with van der Waals surface area (Å²) in [5.74, 6) is -0.584. The van der Waals surface area contributed by atoms with Crippen molar-refractivity contribution in [1.82, 2.24) is 10.2 Å². The summed E-state index contributed by atoms with van der Waals surface area (Å²) >= 11 is 0. The van der Waals surface area contributed by atoms with Crippen LogP contribution in [0.5, 0.6) is 0 Å². The smallest absolute Gasteiger partial charge is 0.407 e. The number of amides is 2. The van der Waals surface area contributed by atoms with Crippen LogP contribution >= 0.6 is 0 Å². The third kappa shape index (κ3) is 5.18. The van der Waals surface area contributed by atoms with Crippen LogP contribution in [-0.4, -0.2) is 53.7 Å².